The number of furan rings is 1. The fourth-order valence-corrected chi connectivity index (χ4v) is 9.05. The van der Waals surface area contributed by atoms with E-state index in [1.807, 2.05) is 36.4 Å². The molecule has 4 aliphatic rings. The van der Waals surface area contributed by atoms with E-state index in [1.165, 1.54) is 4.90 Å². The molecule has 2 aliphatic heterocycles. The van der Waals surface area contributed by atoms with Crippen LogP contribution in [0.1, 0.15) is 47.0 Å². The molecular formula is C38H29Cl2F3N4O6. The van der Waals surface area contributed by atoms with Crippen LogP contribution >= 0.6 is 23.2 Å². The fourth-order valence-electron chi connectivity index (χ4n) is 8.71. The van der Waals surface area contributed by atoms with Crippen LogP contribution in [0.25, 0.3) is 0 Å². The number of nitrogens with one attached hydrogen (secondary N) is 1. The summed E-state index contributed by atoms with van der Waals surface area (Å²) in [6, 6.07) is 19.3. The third-order valence-corrected chi connectivity index (χ3v) is 11.5. The Hall–Kier alpha value is -4.98. The van der Waals surface area contributed by atoms with E-state index >= 15 is 4.79 Å². The van der Waals surface area contributed by atoms with Gasteiger partial charge in [-0.15, -0.1) is 0 Å². The number of aliphatic hydroxyl groups excluding tert-OH is 1. The zero-order valence-electron chi connectivity index (χ0n) is 27.5. The van der Waals surface area contributed by atoms with Crippen molar-refractivity contribution in [2.24, 2.45) is 23.7 Å². The number of hydrazine groups is 1. The second kappa shape index (κ2) is 12.9. The van der Waals surface area contributed by atoms with Crippen molar-refractivity contribution in [1.29, 1.82) is 0 Å². The molecule has 2 aliphatic carbocycles. The molecule has 15 heteroatoms. The summed E-state index contributed by atoms with van der Waals surface area (Å²) in [6.07, 6.45) is -2.21. The number of pyridine rings is 1. The molecule has 3 fully saturated rings. The lowest BCUT2D eigenvalue weighted by Gasteiger charge is -2.49. The van der Waals surface area contributed by atoms with Crippen LogP contribution in [-0.2, 0) is 43.9 Å². The molecule has 2 aromatic heterocycles. The summed E-state index contributed by atoms with van der Waals surface area (Å²) < 4.78 is 46.4. The Morgan fingerprint density at radius 2 is 1.68 bits per heavy atom. The first-order valence-electron chi connectivity index (χ1n) is 16.8. The number of aliphatic hydroxyl groups is 1. The fraction of sp³-hybridized carbons (Fsp3) is 0.289. The number of aromatic nitrogens is 1. The number of hydrogen-bond donors (Lipinski definition) is 2. The molecule has 0 bridgehead atoms. The van der Waals surface area contributed by atoms with Crippen molar-refractivity contribution in [2.45, 2.75) is 43.5 Å². The van der Waals surface area contributed by atoms with Gasteiger partial charge in [0.1, 0.15) is 23.5 Å². The first-order valence-corrected chi connectivity index (χ1v) is 17.5. The maximum atomic E-state index is 15.1. The maximum Gasteiger partial charge on any atom is 0.417 e. The predicted molar refractivity (Wildman–Crippen MR) is 184 cm³/mol. The largest absolute Gasteiger partial charge is 0.463 e. The minimum Gasteiger partial charge on any atom is -0.463 e. The van der Waals surface area contributed by atoms with E-state index in [2.05, 4.69) is 10.4 Å². The quantitative estimate of drug-likeness (QED) is 0.157. The Bertz CT molecular complexity index is 2190. The second-order valence-electron chi connectivity index (χ2n) is 13.6. The summed E-state index contributed by atoms with van der Waals surface area (Å²) in [4.78, 5) is 63.0. The van der Waals surface area contributed by atoms with Crippen LogP contribution in [0.2, 0.25) is 10.0 Å². The molecule has 2 N–H and O–H groups in total. The molecule has 8 rings (SSSR count). The number of amides is 4. The number of hydrogen-bond acceptors (Lipinski definition) is 8. The van der Waals surface area contributed by atoms with Gasteiger partial charge in [-0.05, 0) is 60.2 Å². The van der Waals surface area contributed by atoms with Gasteiger partial charge in [0, 0.05) is 11.2 Å². The van der Waals surface area contributed by atoms with E-state index in [0.29, 0.717) is 33.4 Å². The van der Waals surface area contributed by atoms with Crippen molar-refractivity contribution in [3.05, 3.63) is 129 Å². The first kappa shape index (κ1) is 35.1. The Morgan fingerprint density at radius 1 is 0.943 bits per heavy atom. The van der Waals surface area contributed by atoms with Gasteiger partial charge in [-0.2, -0.15) is 18.2 Å². The lowest BCUT2D eigenvalue weighted by molar-refractivity contribution is -0.142. The molecule has 2 aromatic carbocycles. The van der Waals surface area contributed by atoms with E-state index < -0.39 is 70.2 Å². The van der Waals surface area contributed by atoms with Crippen LogP contribution in [0, 0.1) is 23.7 Å². The van der Waals surface area contributed by atoms with Crippen molar-refractivity contribution < 1.29 is 41.9 Å². The molecule has 4 aromatic rings. The molecule has 6 atom stereocenters. The summed E-state index contributed by atoms with van der Waals surface area (Å²) in [5.41, 5.74) is 1.49. The Balaban J connectivity index is 1.27. The normalized spacial score (nSPS) is 26.8. The smallest absolute Gasteiger partial charge is 0.417 e. The summed E-state index contributed by atoms with van der Waals surface area (Å²) in [6.45, 7) is -0.388. The Kier molecular flexibility index (Phi) is 8.51. The first-order chi connectivity index (χ1) is 25.3. The summed E-state index contributed by atoms with van der Waals surface area (Å²) in [7, 11) is 0. The van der Waals surface area contributed by atoms with Crippen LogP contribution in [0.4, 0.5) is 19.0 Å². The maximum absolute atomic E-state index is 15.1. The van der Waals surface area contributed by atoms with Gasteiger partial charge < -0.3 is 9.52 Å². The molecule has 53 heavy (non-hydrogen) atoms. The van der Waals surface area contributed by atoms with Gasteiger partial charge in [0.25, 0.3) is 11.8 Å². The van der Waals surface area contributed by atoms with Crippen molar-refractivity contribution in [2.75, 3.05) is 5.43 Å². The zero-order valence-corrected chi connectivity index (χ0v) is 29.0. The zero-order chi connectivity index (χ0) is 37.4. The van der Waals surface area contributed by atoms with Gasteiger partial charge in [0.05, 0.1) is 40.8 Å². The number of halogens is 5. The number of nitrogens with zero attached hydrogens (tertiary/aromatic N) is 3. The van der Waals surface area contributed by atoms with Gasteiger partial charge in [-0.1, -0.05) is 77.3 Å². The molecule has 1 saturated carbocycles. The lowest BCUT2D eigenvalue weighted by Crippen LogP contribution is -2.53. The molecule has 0 unspecified atom stereocenters. The minimum atomic E-state index is -4.75. The van der Waals surface area contributed by atoms with E-state index in [0.717, 1.165) is 5.56 Å². The predicted octanol–water partition coefficient (Wildman–Crippen LogP) is 6.68. The van der Waals surface area contributed by atoms with Gasteiger partial charge in [0.15, 0.2) is 5.82 Å². The number of carbonyl (C=O) groups excluding carboxylic acids is 4. The lowest BCUT2D eigenvalue weighted by atomic mass is 9.50. The van der Waals surface area contributed by atoms with Gasteiger partial charge in [-0.25, -0.2) is 4.98 Å². The summed E-state index contributed by atoms with van der Waals surface area (Å²) >= 11 is 12.5. The number of rotatable bonds is 7. The van der Waals surface area contributed by atoms with Crippen molar-refractivity contribution >= 4 is 52.6 Å². The molecular weight excluding hydrogens is 736 g/mol. The van der Waals surface area contributed by atoms with Gasteiger partial charge >= 0.3 is 6.18 Å². The molecule has 4 heterocycles. The van der Waals surface area contributed by atoms with Crippen LogP contribution < -0.4 is 5.43 Å². The average molecular weight is 766 g/mol. The standard InChI is InChI=1S/C38H29Cl2F3N4O6/c39-22-8-6-20(7-9-22)37-27(34(50)47(36(37)52)45-32-28(40)14-21(16-44-32)38(41,42)43)15-26-24(31(37)29-13-10-23(18-48)53-29)11-12-25-30(26)35(51)46(33(25)49)17-19-4-2-1-3-5-19/h1-11,13-14,16,25-27,30-31,48H,12,15,17-18H2,(H,44,45)/t25-,26+,27-,30-,31+,37+/m0/s1. The number of fused-ring (bicyclic) bond motifs is 4. The Morgan fingerprint density at radius 3 is 2.34 bits per heavy atom. The number of carbonyl (C=O) groups is 4. The van der Waals surface area contributed by atoms with Crippen LogP contribution in [0.3, 0.4) is 0 Å². The molecule has 272 valence electrons. The van der Waals surface area contributed by atoms with E-state index in [4.69, 9.17) is 27.6 Å². The van der Waals surface area contributed by atoms with E-state index in [9.17, 15) is 32.7 Å². The number of allylic oxidation sites excluding steroid dienone is 2. The summed E-state index contributed by atoms with van der Waals surface area (Å²) in [5, 5.41) is 10.6. The SMILES string of the molecule is O=C1[C@H]2[C@H](CC=C3[C@H]2C[C@H]2C(=O)N(Nc4ncc(C(F)(F)F)cc4Cl)C(=O)[C@@]2(c2ccc(Cl)cc2)[C@H]3c2ccc(CO)o2)C(=O)N1Cc1ccccc1. The average Bonchev–Trinajstić information content (AvgIpc) is 3.77. The molecule has 0 spiro atoms. The third-order valence-electron chi connectivity index (χ3n) is 11.0. The minimum absolute atomic E-state index is 0.0329. The number of imide groups is 2. The van der Waals surface area contributed by atoms with Crippen LogP contribution in [0.5, 0.6) is 0 Å². The van der Waals surface area contributed by atoms with E-state index in [1.54, 1.807) is 36.4 Å². The summed E-state index contributed by atoms with van der Waals surface area (Å²) in [5.74, 6) is -6.64. The van der Waals surface area contributed by atoms with Crippen molar-refractivity contribution in [1.82, 2.24) is 14.9 Å². The van der Waals surface area contributed by atoms with Crippen LogP contribution in [-0.4, -0.2) is 43.6 Å². The monoisotopic (exact) mass is 764 g/mol. The number of likely N-dealkylation sites (tertiary alicyclic amines) is 1. The third kappa shape index (κ3) is 5.47. The Labute approximate surface area is 310 Å². The van der Waals surface area contributed by atoms with Gasteiger partial charge in [0.2, 0.25) is 11.8 Å². The molecule has 4 amide bonds. The van der Waals surface area contributed by atoms with Gasteiger partial charge in [-0.3, -0.25) is 29.5 Å². The second-order valence-corrected chi connectivity index (χ2v) is 14.5. The van der Waals surface area contributed by atoms with Crippen LogP contribution in [0.15, 0.2) is 95.1 Å². The van der Waals surface area contributed by atoms with Crippen molar-refractivity contribution in [3.63, 3.8) is 0 Å². The number of anilines is 1. The molecule has 0 radical (unpaired) electrons. The highest BCUT2D eigenvalue weighted by atomic mass is 35.5. The molecule has 2 saturated heterocycles. The highest BCUT2D eigenvalue weighted by molar-refractivity contribution is 6.33. The van der Waals surface area contributed by atoms with E-state index in [-0.39, 0.29) is 48.5 Å². The highest BCUT2D eigenvalue weighted by Gasteiger charge is 2.71. The topological polar surface area (TPSA) is 133 Å². The highest BCUT2D eigenvalue weighted by Crippen LogP contribution is 2.64. The number of alkyl halides is 3. The molecule has 10 nitrogen and oxygen atoms in total. The number of benzene rings is 2. The van der Waals surface area contributed by atoms with Crippen molar-refractivity contribution in [3.8, 4) is 0 Å².